The Balaban J connectivity index is 0.000000709. The number of carboxylic acid groups (broad SMARTS) is 2. The van der Waals surface area contributed by atoms with E-state index >= 15 is 0 Å². The number of aliphatic carboxylic acids is 2. The van der Waals surface area contributed by atoms with Crippen LogP contribution in [0.15, 0.2) is 46.4 Å². The third-order valence-electron chi connectivity index (χ3n) is 6.66. The Morgan fingerprint density at radius 3 is 1.87 bits per heavy atom. The first-order valence-corrected chi connectivity index (χ1v) is 12.6. The molecule has 0 saturated heterocycles. The van der Waals surface area contributed by atoms with E-state index in [2.05, 4.69) is 13.8 Å². The van der Waals surface area contributed by atoms with Gasteiger partial charge in [-0.1, -0.05) is 26.0 Å². The van der Waals surface area contributed by atoms with Gasteiger partial charge in [0.05, 0.1) is 11.6 Å². The number of aliphatic imine (C=N–C) groups is 2. The van der Waals surface area contributed by atoms with Gasteiger partial charge in [-0.3, -0.25) is 9.98 Å². The fourth-order valence-electron chi connectivity index (χ4n) is 4.82. The second-order valence-corrected chi connectivity index (χ2v) is 9.48. The molecular weight excluding hydrogens is 531 g/mol. The number of hydrogen-bond acceptors (Lipinski definition) is 8. The number of aromatic hydroxyl groups is 2. The Hall–Kier alpha value is -3.17. The molecule has 2 aromatic carbocycles. The van der Waals surface area contributed by atoms with Crippen molar-refractivity contribution in [2.24, 2.45) is 15.9 Å². The van der Waals surface area contributed by atoms with Crippen LogP contribution in [0.3, 0.4) is 0 Å². The van der Waals surface area contributed by atoms with Crippen molar-refractivity contribution in [2.45, 2.75) is 77.8 Å². The van der Waals surface area contributed by atoms with E-state index in [0.717, 1.165) is 57.1 Å². The zero-order valence-corrected chi connectivity index (χ0v) is 23.3. The molecule has 0 amide bonds. The molecule has 3 atom stereocenters. The van der Waals surface area contributed by atoms with E-state index < -0.39 is 11.9 Å². The van der Waals surface area contributed by atoms with Gasteiger partial charge in [0.2, 0.25) is 0 Å². The second-order valence-electron chi connectivity index (χ2n) is 9.48. The number of hydrogen-bond donors (Lipinski definition) is 2. The maximum atomic E-state index is 10.2. The molecule has 2 N–H and O–H groups in total. The Kier molecular flexibility index (Phi) is 13.2. The van der Waals surface area contributed by atoms with Crippen molar-refractivity contribution in [3.8, 4) is 11.5 Å². The van der Waals surface area contributed by atoms with Gasteiger partial charge < -0.3 is 30.0 Å². The third-order valence-corrected chi connectivity index (χ3v) is 6.66. The molecule has 207 valence electrons. The van der Waals surface area contributed by atoms with Crippen LogP contribution in [0, 0.1) is 5.92 Å². The van der Waals surface area contributed by atoms with Crippen LogP contribution in [0.4, 0.5) is 0 Å². The summed E-state index contributed by atoms with van der Waals surface area (Å²) < 4.78 is 0. The normalized spacial score (nSPS) is 21.3. The molecule has 0 heterocycles. The summed E-state index contributed by atoms with van der Waals surface area (Å²) in [6.45, 7) is 6.16. The monoisotopic (exact) mass is 567 g/mol. The zero-order chi connectivity index (χ0) is 27.6. The van der Waals surface area contributed by atoms with E-state index in [4.69, 9.17) is 29.8 Å². The molecule has 0 aliphatic heterocycles. The van der Waals surface area contributed by atoms with Crippen LogP contribution < -0.4 is 10.2 Å². The van der Waals surface area contributed by atoms with Gasteiger partial charge in [-0.25, -0.2) is 0 Å². The van der Waals surface area contributed by atoms with Crippen LogP contribution >= 0.6 is 0 Å². The van der Waals surface area contributed by atoms with Crippen molar-refractivity contribution < 1.29 is 46.8 Å². The number of carbonyl (C=O) groups excluding carboxylic acids is 2. The minimum atomic E-state index is -1.08. The molecule has 2 saturated carbocycles. The van der Waals surface area contributed by atoms with Crippen LogP contribution in [-0.4, -0.2) is 46.2 Å². The Morgan fingerprint density at radius 2 is 1.42 bits per heavy atom. The molecule has 4 rings (SSSR count). The number of phenolic OH excluding ortho intramolecular Hbond substituents is 2. The minimum Gasteiger partial charge on any atom is -0.550 e. The predicted molar refractivity (Wildman–Crippen MR) is 140 cm³/mol. The van der Waals surface area contributed by atoms with Gasteiger partial charge in [-0.2, -0.15) is 0 Å². The van der Waals surface area contributed by atoms with Gasteiger partial charge in [0.15, 0.2) is 0 Å². The summed E-state index contributed by atoms with van der Waals surface area (Å²) in [6.07, 6.45) is 9.87. The van der Waals surface area contributed by atoms with Crippen LogP contribution in [0.1, 0.15) is 75.6 Å². The maximum Gasteiger partial charge on any atom is 2.00 e. The number of carboxylic acids is 2. The molecule has 2 aliphatic rings. The summed E-state index contributed by atoms with van der Waals surface area (Å²) in [5.41, 5.74) is 3.76. The smallest absolute Gasteiger partial charge is 0.550 e. The van der Waals surface area contributed by atoms with Crippen molar-refractivity contribution in [1.82, 2.24) is 0 Å². The Morgan fingerprint density at radius 1 is 0.947 bits per heavy atom. The fourth-order valence-corrected chi connectivity index (χ4v) is 4.82. The van der Waals surface area contributed by atoms with Gasteiger partial charge in [0, 0.05) is 35.5 Å². The predicted octanol–water partition coefficient (Wildman–Crippen LogP) is 2.58. The van der Waals surface area contributed by atoms with E-state index in [9.17, 15) is 10.2 Å². The van der Waals surface area contributed by atoms with E-state index in [1.54, 1.807) is 12.1 Å². The Labute approximate surface area is 234 Å². The molecule has 0 spiro atoms. The number of aryl methyl sites for hydroxylation is 2. The number of benzene rings is 2. The second kappa shape index (κ2) is 15.3. The van der Waals surface area contributed by atoms with E-state index in [0.29, 0.717) is 5.92 Å². The summed E-state index contributed by atoms with van der Waals surface area (Å²) in [4.78, 5) is 27.7. The number of nitrogens with zero attached hydrogens (tertiary/aromatic N) is 2. The fraction of sp³-hybridized carbons (Fsp3) is 0.448. The molecular formula is C29H36CoN2O6. The first-order chi connectivity index (χ1) is 17.5. The van der Waals surface area contributed by atoms with Crippen LogP contribution in [0.25, 0.3) is 0 Å². The molecule has 8 nitrogen and oxygen atoms in total. The van der Waals surface area contributed by atoms with Crippen LogP contribution in [-0.2, 0) is 39.2 Å². The average Bonchev–Trinajstić information content (AvgIpc) is 3.41. The van der Waals surface area contributed by atoms with Crippen molar-refractivity contribution >= 4 is 24.4 Å². The molecule has 2 aliphatic carbocycles. The van der Waals surface area contributed by atoms with E-state index in [1.807, 2.05) is 36.7 Å². The van der Waals surface area contributed by atoms with Crippen molar-refractivity contribution in [1.29, 1.82) is 0 Å². The first-order valence-electron chi connectivity index (χ1n) is 12.6. The van der Waals surface area contributed by atoms with Gasteiger partial charge in [0.1, 0.15) is 11.5 Å². The summed E-state index contributed by atoms with van der Waals surface area (Å²) in [5.74, 6) is -0.954. The molecule has 2 aromatic rings. The number of phenols is 2. The maximum absolute atomic E-state index is 10.2. The van der Waals surface area contributed by atoms with Crippen LogP contribution in [0.5, 0.6) is 11.5 Å². The van der Waals surface area contributed by atoms with Gasteiger partial charge >= 0.3 is 16.8 Å². The zero-order valence-electron chi connectivity index (χ0n) is 22.3. The Bertz CT molecular complexity index is 1130. The summed E-state index contributed by atoms with van der Waals surface area (Å²) >= 11 is 0. The molecule has 2 fully saturated rings. The third kappa shape index (κ3) is 9.61. The summed E-state index contributed by atoms with van der Waals surface area (Å²) in [6, 6.07) is 11.6. The topological polar surface area (TPSA) is 145 Å². The van der Waals surface area contributed by atoms with Crippen molar-refractivity contribution in [3.05, 3.63) is 58.7 Å². The molecule has 3 unspecified atom stereocenters. The molecule has 1 radical (unpaired) electrons. The van der Waals surface area contributed by atoms with Gasteiger partial charge in [-0.05, 0) is 93.7 Å². The van der Waals surface area contributed by atoms with Gasteiger partial charge in [-0.15, -0.1) is 0 Å². The molecule has 0 aromatic heterocycles. The minimum absolute atomic E-state index is 0. The SMILES string of the molecule is CC(=O)[O-].CC(=O)[O-].CCc1ccc(O)c(C=NC2CC3CCC2(N=Cc2cc(CC)ccc2O)C3)c1.[Co+2]. The quantitative estimate of drug-likeness (QED) is 0.514. The number of carbonyl (C=O) groups is 2. The van der Waals surface area contributed by atoms with E-state index in [1.165, 1.54) is 17.5 Å². The van der Waals surface area contributed by atoms with Crippen molar-refractivity contribution in [2.75, 3.05) is 0 Å². The standard InChI is InChI=1S/C25H30N2O2.2C2H4O2.Co/c1-3-17-5-7-22(28)20(11-17)15-26-24-13-19-9-10-25(24,14-19)27-16-21-12-18(4-2)6-8-23(21)29;2*1-2(3)4;/h5-8,11-12,15-16,19,24,28-29H,3-4,9-10,13-14H2,1-2H3;2*1H3,(H,3,4);/q;;;+2/p-2. The number of fused-ring (bicyclic) bond motifs is 2. The average molecular weight is 568 g/mol. The number of rotatable bonds is 6. The summed E-state index contributed by atoms with van der Waals surface area (Å²) in [7, 11) is 0. The summed E-state index contributed by atoms with van der Waals surface area (Å²) in [5, 5.41) is 38.2. The van der Waals surface area contributed by atoms with Gasteiger partial charge in [0.25, 0.3) is 0 Å². The van der Waals surface area contributed by atoms with E-state index in [-0.39, 0.29) is 39.9 Å². The molecule has 2 bridgehead atoms. The largest absolute Gasteiger partial charge is 2.00 e. The molecule has 38 heavy (non-hydrogen) atoms. The van der Waals surface area contributed by atoms with Crippen LogP contribution in [0.2, 0.25) is 0 Å². The van der Waals surface area contributed by atoms with Crippen molar-refractivity contribution in [3.63, 3.8) is 0 Å². The first kappa shape index (κ1) is 32.9. The molecule has 9 heteroatoms.